The van der Waals surface area contributed by atoms with Crippen LogP contribution in [-0.4, -0.2) is 17.1 Å². The Kier molecular flexibility index (Phi) is 6.32. The van der Waals surface area contributed by atoms with Gasteiger partial charge in [-0.2, -0.15) is 5.10 Å². The van der Waals surface area contributed by atoms with Crippen LogP contribution < -0.4 is 10.7 Å². The van der Waals surface area contributed by atoms with E-state index >= 15 is 0 Å². The van der Waals surface area contributed by atoms with Crippen molar-refractivity contribution in [2.45, 2.75) is 6.92 Å². The molecule has 0 saturated carbocycles. The Morgan fingerprint density at radius 2 is 1.69 bits per heavy atom. The van der Waals surface area contributed by atoms with Gasteiger partial charge in [-0.3, -0.25) is 10.2 Å². The third-order valence-corrected chi connectivity index (χ3v) is 6.35. The van der Waals surface area contributed by atoms with Gasteiger partial charge in [0.2, 0.25) is 5.13 Å². The molecule has 0 saturated heterocycles. The Morgan fingerprint density at radius 3 is 2.49 bits per heavy atom. The first-order valence-electron chi connectivity index (χ1n) is 11.0. The van der Waals surface area contributed by atoms with Crippen LogP contribution in [-0.2, 0) is 0 Å². The van der Waals surface area contributed by atoms with Gasteiger partial charge < -0.3 is 5.32 Å². The van der Waals surface area contributed by atoms with Crippen molar-refractivity contribution in [3.8, 4) is 11.3 Å². The van der Waals surface area contributed by atoms with Gasteiger partial charge in [0.25, 0.3) is 5.91 Å². The molecule has 5 aromatic rings. The molecular weight excluding hydrogens is 459 g/mol. The average Bonchev–Trinajstić information content (AvgIpc) is 3.27. The van der Waals surface area contributed by atoms with Gasteiger partial charge in [0, 0.05) is 16.7 Å². The van der Waals surface area contributed by atoms with Crippen molar-refractivity contribution in [3.05, 3.63) is 114 Å². The second-order valence-electron chi connectivity index (χ2n) is 7.96. The molecule has 1 heterocycles. The largest absolute Gasteiger partial charge is 0.312 e. The van der Waals surface area contributed by atoms with Crippen molar-refractivity contribution in [1.82, 2.24) is 4.98 Å². The van der Waals surface area contributed by atoms with Crippen LogP contribution in [0.5, 0.6) is 0 Å². The maximum absolute atomic E-state index is 13.3. The highest BCUT2D eigenvalue weighted by atomic mass is 32.1. The first-order chi connectivity index (χ1) is 17.1. The van der Waals surface area contributed by atoms with Crippen molar-refractivity contribution >= 4 is 44.4 Å². The minimum absolute atomic E-state index is 0.340. The Bertz CT molecular complexity index is 1520. The van der Waals surface area contributed by atoms with Gasteiger partial charge in [-0.1, -0.05) is 83.6 Å². The van der Waals surface area contributed by atoms with Crippen LogP contribution in [0.3, 0.4) is 0 Å². The molecule has 0 aliphatic heterocycles. The summed E-state index contributed by atoms with van der Waals surface area (Å²) in [6.45, 7) is 2.01. The number of aromatic nitrogens is 1. The van der Waals surface area contributed by atoms with Gasteiger partial charge in [0.05, 0.1) is 6.21 Å². The van der Waals surface area contributed by atoms with Crippen LogP contribution in [0, 0.1) is 12.7 Å². The minimum Gasteiger partial charge on any atom is -0.312 e. The molecule has 1 aromatic heterocycles. The fraction of sp³-hybridized carbons (Fsp3) is 0.0357. The monoisotopic (exact) mass is 480 g/mol. The lowest BCUT2D eigenvalue weighted by atomic mass is 10.1. The number of aryl methyl sites for hydroxylation is 1. The third-order valence-electron chi connectivity index (χ3n) is 5.47. The molecule has 5 nitrogen and oxygen atoms in total. The molecule has 35 heavy (non-hydrogen) atoms. The summed E-state index contributed by atoms with van der Waals surface area (Å²) in [7, 11) is 0. The molecule has 0 fully saturated rings. The van der Waals surface area contributed by atoms with E-state index in [9.17, 15) is 9.18 Å². The standard InChI is InChI=1S/C28H21FN4OS/c1-18-9-11-20(12-10-18)25-27(32-26(34)21-13-15-23(29)16-14-21)35-28(31-25)33-30-17-22-7-4-6-19-5-2-3-8-24(19)22/h2-17H,1H3,(H,31,33)(H,32,34)/b30-17-. The van der Waals surface area contributed by atoms with Gasteiger partial charge in [0.15, 0.2) is 0 Å². The smallest absolute Gasteiger partial charge is 0.256 e. The summed E-state index contributed by atoms with van der Waals surface area (Å²) in [5.74, 6) is -0.733. The Balaban J connectivity index is 1.42. The first kappa shape index (κ1) is 22.4. The van der Waals surface area contributed by atoms with Gasteiger partial charge in [-0.15, -0.1) is 0 Å². The molecule has 0 aliphatic carbocycles. The maximum atomic E-state index is 13.3. The molecule has 0 spiro atoms. The van der Waals surface area contributed by atoms with Gasteiger partial charge >= 0.3 is 0 Å². The van der Waals surface area contributed by atoms with Crippen molar-refractivity contribution in [3.63, 3.8) is 0 Å². The lowest BCUT2D eigenvalue weighted by Gasteiger charge is -2.06. The highest BCUT2D eigenvalue weighted by molar-refractivity contribution is 7.20. The molecule has 172 valence electrons. The number of fused-ring (bicyclic) bond motifs is 1. The van der Waals surface area contributed by atoms with Crippen LogP contribution >= 0.6 is 11.3 Å². The van der Waals surface area contributed by atoms with Crippen molar-refractivity contribution in [1.29, 1.82) is 0 Å². The van der Waals surface area contributed by atoms with Crippen molar-refractivity contribution < 1.29 is 9.18 Å². The lowest BCUT2D eigenvalue weighted by Crippen LogP contribution is -2.11. The average molecular weight is 481 g/mol. The van der Waals surface area contributed by atoms with E-state index in [4.69, 9.17) is 0 Å². The maximum Gasteiger partial charge on any atom is 0.256 e. The second-order valence-corrected chi connectivity index (χ2v) is 8.96. The van der Waals surface area contributed by atoms with Gasteiger partial charge in [-0.05, 0) is 42.0 Å². The lowest BCUT2D eigenvalue weighted by molar-refractivity contribution is 0.102. The number of rotatable bonds is 6. The molecule has 7 heteroatoms. The quantitative estimate of drug-likeness (QED) is 0.201. The number of carbonyl (C=O) groups excluding carboxylic acids is 1. The SMILES string of the molecule is Cc1ccc(-c2nc(N/N=C\c3cccc4ccccc34)sc2NC(=O)c2ccc(F)cc2)cc1. The number of nitrogens with zero attached hydrogens (tertiary/aromatic N) is 2. The van der Waals surface area contributed by atoms with E-state index in [1.54, 1.807) is 6.21 Å². The van der Waals surface area contributed by atoms with Crippen molar-refractivity contribution in [2.24, 2.45) is 5.10 Å². The van der Waals surface area contributed by atoms with Crippen LogP contribution in [0.15, 0.2) is 96.1 Å². The molecule has 0 aliphatic rings. The summed E-state index contributed by atoms with van der Waals surface area (Å²) >= 11 is 1.28. The zero-order valence-electron chi connectivity index (χ0n) is 18.8. The van der Waals surface area contributed by atoms with E-state index in [1.807, 2.05) is 55.5 Å². The van der Waals surface area contributed by atoms with Gasteiger partial charge in [0.1, 0.15) is 16.5 Å². The third kappa shape index (κ3) is 5.10. The second kappa shape index (κ2) is 9.87. The summed E-state index contributed by atoms with van der Waals surface area (Å²) in [6, 6.07) is 27.5. The topological polar surface area (TPSA) is 66.4 Å². The van der Waals surface area contributed by atoms with E-state index in [0.717, 1.165) is 27.5 Å². The van der Waals surface area contributed by atoms with Crippen molar-refractivity contribution in [2.75, 3.05) is 10.7 Å². The van der Waals surface area contributed by atoms with E-state index in [1.165, 1.54) is 35.6 Å². The number of hydrazone groups is 1. The first-order valence-corrected chi connectivity index (χ1v) is 11.8. The Hall–Kier alpha value is -4.36. The number of amides is 1. The summed E-state index contributed by atoms with van der Waals surface area (Å²) < 4.78 is 13.3. The molecule has 0 atom stereocenters. The summed E-state index contributed by atoms with van der Waals surface area (Å²) in [5.41, 5.74) is 6.96. The number of anilines is 2. The van der Waals surface area contributed by atoms with E-state index in [0.29, 0.717) is 21.4 Å². The van der Waals surface area contributed by atoms with Crippen LogP contribution in [0.25, 0.3) is 22.0 Å². The number of carbonyl (C=O) groups is 1. The predicted molar refractivity (Wildman–Crippen MR) is 142 cm³/mol. The summed E-state index contributed by atoms with van der Waals surface area (Å²) in [5, 5.41) is 10.7. The number of halogens is 1. The molecule has 1 amide bonds. The number of nitrogens with one attached hydrogen (secondary N) is 2. The molecule has 0 bridgehead atoms. The zero-order valence-corrected chi connectivity index (χ0v) is 19.6. The molecule has 0 unspecified atom stereocenters. The minimum atomic E-state index is -0.393. The fourth-order valence-electron chi connectivity index (χ4n) is 3.66. The molecule has 0 radical (unpaired) electrons. The van der Waals surface area contributed by atoms with Gasteiger partial charge in [-0.25, -0.2) is 9.37 Å². The fourth-order valence-corrected chi connectivity index (χ4v) is 4.49. The zero-order chi connectivity index (χ0) is 24.2. The highest BCUT2D eigenvalue weighted by Gasteiger charge is 2.16. The van der Waals surface area contributed by atoms with Crippen LogP contribution in [0.2, 0.25) is 0 Å². The Labute approximate surface area is 206 Å². The number of thiazole rings is 1. The molecule has 4 aromatic carbocycles. The van der Waals surface area contributed by atoms with Crippen LogP contribution in [0.4, 0.5) is 14.5 Å². The van der Waals surface area contributed by atoms with E-state index < -0.39 is 5.82 Å². The highest BCUT2D eigenvalue weighted by Crippen LogP contribution is 2.36. The number of benzene rings is 4. The normalized spacial score (nSPS) is 11.1. The molecular formula is C28H21FN4OS. The predicted octanol–water partition coefficient (Wildman–Crippen LogP) is 7.11. The van der Waals surface area contributed by atoms with E-state index in [-0.39, 0.29) is 5.91 Å². The number of hydrogen-bond acceptors (Lipinski definition) is 5. The summed E-state index contributed by atoms with van der Waals surface area (Å²) in [6.07, 6.45) is 1.76. The summed E-state index contributed by atoms with van der Waals surface area (Å²) in [4.78, 5) is 17.5. The van der Waals surface area contributed by atoms with Crippen LogP contribution in [0.1, 0.15) is 21.5 Å². The number of hydrogen-bond donors (Lipinski definition) is 2. The Morgan fingerprint density at radius 1 is 0.943 bits per heavy atom. The van der Waals surface area contributed by atoms with E-state index in [2.05, 4.69) is 39.0 Å². The molecule has 5 rings (SSSR count). The molecule has 2 N–H and O–H groups in total.